The van der Waals surface area contributed by atoms with E-state index in [4.69, 9.17) is 0 Å². The minimum absolute atomic E-state index is 0.0189. The molecule has 0 amide bonds. The molecule has 2 rings (SSSR count). The van der Waals surface area contributed by atoms with Crippen molar-refractivity contribution in [3.63, 3.8) is 0 Å². The molecule has 1 aliphatic heterocycles. The number of pyridine rings is 1. The van der Waals surface area contributed by atoms with Gasteiger partial charge in [0.2, 0.25) is 0 Å². The molecule has 0 aliphatic carbocycles. The van der Waals surface area contributed by atoms with Crippen LogP contribution in [0, 0.1) is 0 Å². The van der Waals surface area contributed by atoms with Crippen LogP contribution in [-0.2, 0) is 5.54 Å². The van der Waals surface area contributed by atoms with Gasteiger partial charge in [-0.25, -0.2) is 0 Å². The average molecular weight is 235 g/mol. The molecule has 1 saturated heterocycles. The molecule has 94 valence electrons. The Labute approximate surface area is 102 Å². The van der Waals surface area contributed by atoms with E-state index in [1.807, 2.05) is 12.4 Å². The fourth-order valence-electron chi connectivity index (χ4n) is 2.31. The molecule has 0 radical (unpaired) electrons. The van der Waals surface area contributed by atoms with Gasteiger partial charge in [0.1, 0.15) is 0 Å². The number of hydrogen-bond donors (Lipinski definition) is 1. The van der Waals surface area contributed by atoms with Gasteiger partial charge >= 0.3 is 0 Å². The normalized spacial score (nSPS) is 18.2. The number of piperazine rings is 1. The lowest BCUT2D eigenvalue weighted by atomic mass is 10.0. The van der Waals surface area contributed by atoms with Crippen molar-refractivity contribution in [1.29, 1.82) is 0 Å². The first kappa shape index (κ1) is 12.3. The Hall–Kier alpha value is -1.13. The first-order valence-electron chi connectivity index (χ1n) is 6.20. The smallest absolute Gasteiger partial charge is 0.181 e. The zero-order valence-electron chi connectivity index (χ0n) is 10.6. The third-order valence-electron chi connectivity index (χ3n) is 3.32. The second-order valence-corrected chi connectivity index (χ2v) is 5.28. The van der Waals surface area contributed by atoms with Gasteiger partial charge < -0.3 is 9.88 Å². The third kappa shape index (κ3) is 3.17. The summed E-state index contributed by atoms with van der Waals surface area (Å²) in [7, 11) is 0. The van der Waals surface area contributed by atoms with E-state index >= 15 is 0 Å². The van der Waals surface area contributed by atoms with E-state index in [9.17, 15) is 4.79 Å². The molecule has 0 bridgehead atoms. The number of rotatable bonds is 3. The van der Waals surface area contributed by atoms with Crippen LogP contribution in [0.5, 0.6) is 0 Å². The summed E-state index contributed by atoms with van der Waals surface area (Å²) < 4.78 is 2.12. The van der Waals surface area contributed by atoms with Crippen LogP contribution in [0.3, 0.4) is 0 Å². The minimum Gasteiger partial charge on any atom is -0.347 e. The fourth-order valence-corrected chi connectivity index (χ4v) is 2.31. The standard InChI is InChI=1S/C13H21N3O/c1-13(2,11-15-9-5-14-6-10-15)16-7-3-12(17)4-8-16/h3-4,7-8,14H,5-6,9-11H2,1-2H3. The van der Waals surface area contributed by atoms with Crippen molar-refractivity contribution in [1.82, 2.24) is 14.8 Å². The van der Waals surface area contributed by atoms with Crippen LogP contribution >= 0.6 is 0 Å². The molecule has 0 atom stereocenters. The molecule has 0 unspecified atom stereocenters. The number of hydrogen-bond acceptors (Lipinski definition) is 3. The zero-order chi connectivity index (χ0) is 12.3. The van der Waals surface area contributed by atoms with Crippen LogP contribution in [-0.4, -0.2) is 42.2 Å². The summed E-state index contributed by atoms with van der Waals surface area (Å²) in [6.45, 7) is 9.77. The lowest BCUT2D eigenvalue weighted by Gasteiger charge is -2.36. The van der Waals surface area contributed by atoms with Crippen molar-refractivity contribution in [3.05, 3.63) is 34.7 Å². The van der Waals surface area contributed by atoms with Gasteiger partial charge in [-0.1, -0.05) is 0 Å². The van der Waals surface area contributed by atoms with Crippen LogP contribution in [0.1, 0.15) is 13.8 Å². The van der Waals surface area contributed by atoms with Gasteiger partial charge in [-0.05, 0) is 13.8 Å². The highest BCUT2D eigenvalue weighted by atomic mass is 16.1. The maximum absolute atomic E-state index is 11.1. The Bertz CT molecular complexity index is 398. The second-order valence-electron chi connectivity index (χ2n) is 5.28. The van der Waals surface area contributed by atoms with Gasteiger partial charge in [0.05, 0.1) is 5.54 Å². The van der Waals surface area contributed by atoms with E-state index in [-0.39, 0.29) is 11.0 Å². The molecule has 1 aliphatic rings. The van der Waals surface area contributed by atoms with Crippen LogP contribution < -0.4 is 10.7 Å². The molecule has 2 heterocycles. The van der Waals surface area contributed by atoms with Crippen LogP contribution in [0.2, 0.25) is 0 Å². The van der Waals surface area contributed by atoms with Gasteiger partial charge in [-0.3, -0.25) is 9.69 Å². The van der Waals surface area contributed by atoms with Gasteiger partial charge in [-0.15, -0.1) is 0 Å². The maximum atomic E-state index is 11.1. The van der Waals surface area contributed by atoms with Crippen molar-refractivity contribution in [2.45, 2.75) is 19.4 Å². The Morgan fingerprint density at radius 2 is 1.82 bits per heavy atom. The Morgan fingerprint density at radius 1 is 1.24 bits per heavy atom. The molecule has 17 heavy (non-hydrogen) atoms. The van der Waals surface area contributed by atoms with Gasteiger partial charge in [0.25, 0.3) is 0 Å². The van der Waals surface area contributed by atoms with Crippen molar-refractivity contribution in [3.8, 4) is 0 Å². The van der Waals surface area contributed by atoms with Crippen molar-refractivity contribution >= 4 is 0 Å². The quantitative estimate of drug-likeness (QED) is 0.828. The predicted molar refractivity (Wildman–Crippen MR) is 69.3 cm³/mol. The van der Waals surface area contributed by atoms with Gasteiger partial charge in [0.15, 0.2) is 5.43 Å². The molecule has 0 aromatic carbocycles. The van der Waals surface area contributed by atoms with Crippen LogP contribution in [0.15, 0.2) is 29.3 Å². The van der Waals surface area contributed by atoms with Gasteiger partial charge in [0, 0.05) is 57.3 Å². The highest BCUT2D eigenvalue weighted by molar-refractivity contribution is 4.98. The van der Waals surface area contributed by atoms with Crippen molar-refractivity contribution < 1.29 is 0 Å². The monoisotopic (exact) mass is 235 g/mol. The highest BCUT2D eigenvalue weighted by Crippen LogP contribution is 2.16. The molecular weight excluding hydrogens is 214 g/mol. The van der Waals surface area contributed by atoms with Crippen LogP contribution in [0.25, 0.3) is 0 Å². The van der Waals surface area contributed by atoms with E-state index in [0.717, 1.165) is 32.7 Å². The summed E-state index contributed by atoms with van der Waals surface area (Å²) in [6.07, 6.45) is 3.76. The lowest BCUT2D eigenvalue weighted by Crippen LogP contribution is -2.49. The first-order valence-corrected chi connectivity index (χ1v) is 6.20. The van der Waals surface area contributed by atoms with Crippen LogP contribution in [0.4, 0.5) is 0 Å². The second kappa shape index (κ2) is 5.02. The molecule has 0 saturated carbocycles. The summed E-state index contributed by atoms with van der Waals surface area (Å²) in [5.74, 6) is 0. The number of nitrogens with one attached hydrogen (secondary N) is 1. The molecule has 1 N–H and O–H groups in total. The highest BCUT2D eigenvalue weighted by Gasteiger charge is 2.23. The van der Waals surface area contributed by atoms with E-state index in [2.05, 4.69) is 28.6 Å². The molecule has 0 spiro atoms. The Balaban J connectivity index is 2.06. The molecular formula is C13H21N3O. The summed E-state index contributed by atoms with van der Waals surface area (Å²) in [6, 6.07) is 3.25. The zero-order valence-corrected chi connectivity index (χ0v) is 10.6. The van der Waals surface area contributed by atoms with E-state index < -0.39 is 0 Å². The Morgan fingerprint density at radius 3 is 2.41 bits per heavy atom. The summed E-state index contributed by atoms with van der Waals surface area (Å²) in [5, 5.41) is 3.36. The van der Waals surface area contributed by atoms with E-state index in [1.165, 1.54) is 0 Å². The third-order valence-corrected chi connectivity index (χ3v) is 3.32. The number of aromatic nitrogens is 1. The summed E-state index contributed by atoms with van der Waals surface area (Å²) in [5.41, 5.74) is 0.0876. The predicted octanol–water partition coefficient (Wildman–Crippen LogP) is 0.489. The maximum Gasteiger partial charge on any atom is 0.181 e. The summed E-state index contributed by atoms with van der Waals surface area (Å²) >= 11 is 0. The first-order chi connectivity index (χ1) is 8.08. The largest absolute Gasteiger partial charge is 0.347 e. The van der Waals surface area contributed by atoms with E-state index in [1.54, 1.807) is 12.1 Å². The topological polar surface area (TPSA) is 37.3 Å². The Kier molecular flexibility index (Phi) is 3.64. The molecule has 1 aromatic rings. The molecule has 1 fully saturated rings. The van der Waals surface area contributed by atoms with Crippen molar-refractivity contribution in [2.75, 3.05) is 32.7 Å². The fraction of sp³-hybridized carbons (Fsp3) is 0.615. The molecule has 4 nitrogen and oxygen atoms in total. The average Bonchev–Trinajstić information content (AvgIpc) is 2.30. The molecule has 4 heteroatoms. The lowest BCUT2D eigenvalue weighted by molar-refractivity contribution is 0.163. The molecule has 1 aromatic heterocycles. The van der Waals surface area contributed by atoms with E-state index in [0.29, 0.717) is 0 Å². The number of nitrogens with zero attached hydrogens (tertiary/aromatic N) is 2. The van der Waals surface area contributed by atoms with Crippen molar-refractivity contribution in [2.24, 2.45) is 0 Å². The summed E-state index contributed by atoms with van der Waals surface area (Å²) in [4.78, 5) is 13.6. The minimum atomic E-state index is 0.0189. The van der Waals surface area contributed by atoms with Gasteiger partial charge in [-0.2, -0.15) is 0 Å². The SMILES string of the molecule is CC(C)(CN1CCNCC1)n1ccc(=O)cc1.